The van der Waals surface area contributed by atoms with Gasteiger partial charge in [-0.1, -0.05) is 24.3 Å². The van der Waals surface area contributed by atoms with E-state index in [0.717, 1.165) is 5.56 Å². The Morgan fingerprint density at radius 1 is 1.22 bits per heavy atom. The Bertz CT molecular complexity index is 689. The molecule has 5 nitrogen and oxygen atoms in total. The van der Waals surface area contributed by atoms with Crippen molar-refractivity contribution in [3.05, 3.63) is 54.1 Å². The molecular weight excluding hydrogens is 295 g/mol. The van der Waals surface area contributed by atoms with Crippen molar-refractivity contribution in [1.29, 1.82) is 0 Å². The molecule has 0 unspecified atom stereocenters. The van der Waals surface area contributed by atoms with Crippen molar-refractivity contribution in [2.75, 3.05) is 6.61 Å². The maximum Gasteiger partial charge on any atom is 0.492 e. The Labute approximate surface area is 134 Å². The molecule has 1 atom stereocenters. The summed E-state index contributed by atoms with van der Waals surface area (Å²) in [6.07, 6.45) is -0.415. The summed E-state index contributed by atoms with van der Waals surface area (Å²) in [5, 5.41) is 10.1. The van der Waals surface area contributed by atoms with Crippen molar-refractivity contribution in [3.63, 3.8) is 0 Å². The summed E-state index contributed by atoms with van der Waals surface area (Å²) in [7, 11) is -1.07. The molecule has 0 saturated heterocycles. The van der Waals surface area contributed by atoms with Crippen LogP contribution in [0.2, 0.25) is 0 Å². The highest BCUT2D eigenvalue weighted by molar-refractivity contribution is 6.61. The van der Waals surface area contributed by atoms with Crippen molar-refractivity contribution in [2.24, 2.45) is 0 Å². The van der Waals surface area contributed by atoms with Crippen LogP contribution in [0.1, 0.15) is 25.0 Å². The van der Waals surface area contributed by atoms with Gasteiger partial charge >= 0.3 is 13.1 Å². The molecule has 2 aromatic rings. The van der Waals surface area contributed by atoms with Crippen molar-refractivity contribution >= 4 is 18.6 Å². The first-order valence-electron chi connectivity index (χ1n) is 7.53. The van der Waals surface area contributed by atoms with Crippen molar-refractivity contribution in [2.45, 2.75) is 19.4 Å². The fraction of sp³-hybridized carbons (Fsp3) is 0.235. The third kappa shape index (κ3) is 3.55. The van der Waals surface area contributed by atoms with Crippen LogP contribution in [0.15, 0.2) is 48.5 Å². The molecular formula is C17H17BO5. The summed E-state index contributed by atoms with van der Waals surface area (Å²) >= 11 is 0. The van der Waals surface area contributed by atoms with E-state index < -0.39 is 13.2 Å². The Kier molecular flexibility index (Phi) is 4.64. The molecule has 0 aromatic heterocycles. The molecule has 3 rings (SSSR count). The van der Waals surface area contributed by atoms with Gasteiger partial charge in [-0.05, 0) is 42.2 Å². The first-order chi connectivity index (χ1) is 11.2. The number of hydrogen-bond acceptors (Lipinski definition) is 5. The molecule has 1 heterocycles. The molecule has 23 heavy (non-hydrogen) atoms. The summed E-state index contributed by atoms with van der Waals surface area (Å²) in [4.78, 5) is 11.6. The highest BCUT2D eigenvalue weighted by Gasteiger charge is 2.36. The Hall–Kier alpha value is -2.31. The summed E-state index contributed by atoms with van der Waals surface area (Å²) < 4.78 is 16.1. The highest BCUT2D eigenvalue weighted by Crippen LogP contribution is 2.30. The fourth-order valence-corrected chi connectivity index (χ4v) is 2.58. The minimum atomic E-state index is -1.07. The van der Waals surface area contributed by atoms with E-state index in [-0.39, 0.29) is 12.4 Å². The number of hydrogen-bond donors (Lipinski definition) is 1. The SMILES string of the molecule is CCOC(=O)C[C@H]1OB(O)c2cc(Oc3ccccc3)ccc21. The lowest BCUT2D eigenvalue weighted by Gasteiger charge is -2.11. The lowest BCUT2D eigenvalue weighted by atomic mass is 9.79. The third-order valence-corrected chi connectivity index (χ3v) is 3.60. The normalized spacial score (nSPS) is 16.1. The van der Waals surface area contributed by atoms with Gasteiger partial charge in [-0.25, -0.2) is 0 Å². The van der Waals surface area contributed by atoms with Gasteiger partial charge < -0.3 is 19.2 Å². The monoisotopic (exact) mass is 312 g/mol. The topological polar surface area (TPSA) is 65.0 Å². The van der Waals surface area contributed by atoms with E-state index in [1.54, 1.807) is 19.1 Å². The van der Waals surface area contributed by atoms with Crippen LogP contribution in [0.5, 0.6) is 11.5 Å². The predicted molar refractivity (Wildman–Crippen MR) is 85.6 cm³/mol. The lowest BCUT2D eigenvalue weighted by molar-refractivity contribution is -0.145. The van der Waals surface area contributed by atoms with E-state index in [9.17, 15) is 9.82 Å². The zero-order valence-electron chi connectivity index (χ0n) is 12.8. The van der Waals surface area contributed by atoms with Crippen LogP contribution in [-0.4, -0.2) is 24.7 Å². The molecule has 0 spiro atoms. The van der Waals surface area contributed by atoms with Gasteiger partial charge in [0, 0.05) is 0 Å². The van der Waals surface area contributed by atoms with Crippen LogP contribution in [0.4, 0.5) is 0 Å². The number of rotatable bonds is 5. The van der Waals surface area contributed by atoms with Crippen molar-refractivity contribution in [3.8, 4) is 11.5 Å². The van der Waals surface area contributed by atoms with Gasteiger partial charge in [-0.15, -0.1) is 0 Å². The molecule has 0 amide bonds. The van der Waals surface area contributed by atoms with E-state index in [0.29, 0.717) is 23.6 Å². The molecule has 0 aliphatic carbocycles. The molecule has 0 saturated carbocycles. The molecule has 0 bridgehead atoms. The summed E-state index contributed by atoms with van der Waals surface area (Å²) in [6.45, 7) is 2.08. The Morgan fingerprint density at radius 2 is 2.00 bits per heavy atom. The van der Waals surface area contributed by atoms with Gasteiger partial charge in [0.05, 0.1) is 19.1 Å². The molecule has 1 aliphatic heterocycles. The first-order valence-corrected chi connectivity index (χ1v) is 7.53. The van der Waals surface area contributed by atoms with E-state index >= 15 is 0 Å². The van der Waals surface area contributed by atoms with Gasteiger partial charge in [-0.2, -0.15) is 0 Å². The smallest absolute Gasteiger partial charge is 0.466 e. The standard InChI is InChI=1S/C17H17BO5/c1-2-21-17(19)11-16-14-9-8-13(10-15(14)18(20)23-16)22-12-6-4-3-5-7-12/h3-10,16,20H,2,11H2,1H3/t16-/m1/s1. The molecule has 1 N–H and O–H groups in total. The average Bonchev–Trinajstić information content (AvgIpc) is 2.84. The lowest BCUT2D eigenvalue weighted by Crippen LogP contribution is -2.28. The van der Waals surface area contributed by atoms with Crippen molar-refractivity contribution < 1.29 is 23.9 Å². The number of para-hydroxylation sites is 1. The second-order valence-corrected chi connectivity index (χ2v) is 5.19. The van der Waals surface area contributed by atoms with Gasteiger partial charge in [0.2, 0.25) is 0 Å². The van der Waals surface area contributed by atoms with Gasteiger partial charge in [-0.3, -0.25) is 4.79 Å². The van der Waals surface area contributed by atoms with E-state index in [2.05, 4.69) is 0 Å². The van der Waals surface area contributed by atoms with E-state index in [1.165, 1.54) is 0 Å². The fourth-order valence-electron chi connectivity index (χ4n) is 2.58. The van der Waals surface area contributed by atoms with Gasteiger partial charge in [0.15, 0.2) is 0 Å². The summed E-state index contributed by atoms with van der Waals surface area (Å²) in [5.41, 5.74) is 1.40. The molecule has 1 aliphatic rings. The number of carbonyl (C=O) groups excluding carboxylic acids is 1. The number of carbonyl (C=O) groups is 1. The molecule has 118 valence electrons. The third-order valence-electron chi connectivity index (χ3n) is 3.60. The van der Waals surface area contributed by atoms with Crippen LogP contribution in [-0.2, 0) is 14.2 Å². The molecule has 6 heteroatoms. The van der Waals surface area contributed by atoms with Crippen LogP contribution >= 0.6 is 0 Å². The minimum Gasteiger partial charge on any atom is -0.466 e. The average molecular weight is 312 g/mol. The molecule has 0 fully saturated rings. The largest absolute Gasteiger partial charge is 0.492 e. The second kappa shape index (κ2) is 6.85. The van der Waals surface area contributed by atoms with Gasteiger partial charge in [0.1, 0.15) is 11.5 Å². The number of esters is 1. The highest BCUT2D eigenvalue weighted by atomic mass is 16.5. The van der Waals surface area contributed by atoms with E-state index in [1.807, 2.05) is 36.4 Å². The zero-order chi connectivity index (χ0) is 16.2. The number of benzene rings is 2. The van der Waals surface area contributed by atoms with Crippen LogP contribution < -0.4 is 10.2 Å². The van der Waals surface area contributed by atoms with Crippen LogP contribution in [0.3, 0.4) is 0 Å². The first kappa shape index (κ1) is 15.6. The maximum atomic E-state index is 11.6. The van der Waals surface area contributed by atoms with Crippen LogP contribution in [0.25, 0.3) is 0 Å². The Balaban J connectivity index is 1.77. The molecule has 2 aromatic carbocycles. The van der Waals surface area contributed by atoms with Crippen LogP contribution in [0, 0.1) is 0 Å². The summed E-state index contributed by atoms with van der Waals surface area (Å²) in [6, 6.07) is 14.7. The predicted octanol–water partition coefficient (Wildman–Crippen LogP) is 2.19. The van der Waals surface area contributed by atoms with E-state index in [4.69, 9.17) is 14.1 Å². The van der Waals surface area contributed by atoms with Crippen molar-refractivity contribution in [1.82, 2.24) is 0 Å². The number of fused-ring (bicyclic) bond motifs is 1. The quantitative estimate of drug-likeness (QED) is 0.677. The Morgan fingerprint density at radius 3 is 2.74 bits per heavy atom. The van der Waals surface area contributed by atoms with Gasteiger partial charge in [0.25, 0.3) is 0 Å². The maximum absolute atomic E-state index is 11.6. The number of ether oxygens (including phenoxy) is 2. The zero-order valence-corrected chi connectivity index (χ0v) is 12.8. The molecule has 0 radical (unpaired) electrons. The summed E-state index contributed by atoms with van der Waals surface area (Å²) in [5.74, 6) is 0.973. The minimum absolute atomic E-state index is 0.0801. The second-order valence-electron chi connectivity index (χ2n) is 5.19.